The standard InChI is InChI=1S/C14H21N3O2/c1-10-7-11(5-6-13(10)19-4)15-14(18)17-8-12(9-17)16(2)3/h5-7,12H,8-9H2,1-4H3,(H,15,18). The van der Waals surface area contributed by atoms with E-state index in [1.807, 2.05) is 44.1 Å². The van der Waals surface area contributed by atoms with Crippen molar-refractivity contribution in [2.45, 2.75) is 13.0 Å². The van der Waals surface area contributed by atoms with Gasteiger partial charge in [-0.25, -0.2) is 4.79 Å². The van der Waals surface area contributed by atoms with Gasteiger partial charge in [0, 0.05) is 24.8 Å². The van der Waals surface area contributed by atoms with Gasteiger partial charge in [-0.3, -0.25) is 0 Å². The van der Waals surface area contributed by atoms with Gasteiger partial charge >= 0.3 is 6.03 Å². The largest absolute Gasteiger partial charge is 0.496 e. The van der Waals surface area contributed by atoms with Crippen LogP contribution in [0.5, 0.6) is 5.75 Å². The molecule has 0 aromatic heterocycles. The average molecular weight is 263 g/mol. The number of carbonyl (C=O) groups is 1. The van der Waals surface area contributed by atoms with Gasteiger partial charge in [0.2, 0.25) is 0 Å². The Morgan fingerprint density at radius 2 is 2.11 bits per heavy atom. The number of nitrogens with zero attached hydrogens (tertiary/aromatic N) is 2. The smallest absolute Gasteiger partial charge is 0.321 e. The van der Waals surface area contributed by atoms with Crippen molar-refractivity contribution >= 4 is 11.7 Å². The molecule has 0 unspecified atom stereocenters. The Morgan fingerprint density at radius 3 is 2.63 bits per heavy atom. The molecular weight excluding hydrogens is 242 g/mol. The Morgan fingerprint density at radius 1 is 1.42 bits per heavy atom. The lowest BCUT2D eigenvalue weighted by atomic mass is 10.1. The fourth-order valence-corrected chi connectivity index (χ4v) is 2.11. The molecule has 1 aromatic rings. The monoisotopic (exact) mass is 263 g/mol. The lowest BCUT2D eigenvalue weighted by Gasteiger charge is -2.42. The number of rotatable bonds is 3. The molecule has 1 saturated heterocycles. The first-order valence-corrected chi connectivity index (χ1v) is 6.38. The SMILES string of the molecule is COc1ccc(NC(=O)N2CC(N(C)C)C2)cc1C. The van der Waals surface area contributed by atoms with Crippen molar-refractivity contribution in [3.8, 4) is 5.75 Å². The van der Waals surface area contributed by atoms with E-state index < -0.39 is 0 Å². The normalized spacial score (nSPS) is 15.3. The van der Waals surface area contributed by atoms with Crippen LogP contribution in [0.25, 0.3) is 0 Å². The zero-order valence-electron chi connectivity index (χ0n) is 11.9. The number of methoxy groups -OCH3 is 1. The summed E-state index contributed by atoms with van der Waals surface area (Å²) in [5, 5.41) is 2.91. The van der Waals surface area contributed by atoms with Crippen molar-refractivity contribution in [2.75, 3.05) is 39.6 Å². The summed E-state index contributed by atoms with van der Waals surface area (Å²) in [5.74, 6) is 0.828. The Kier molecular flexibility index (Phi) is 3.95. The van der Waals surface area contributed by atoms with Gasteiger partial charge in [-0.2, -0.15) is 0 Å². The third-order valence-electron chi connectivity index (χ3n) is 3.53. The molecular formula is C14H21N3O2. The number of likely N-dealkylation sites (tertiary alicyclic amines) is 1. The lowest BCUT2D eigenvalue weighted by Crippen LogP contribution is -2.60. The number of urea groups is 1. The van der Waals surface area contributed by atoms with Gasteiger partial charge in [-0.05, 0) is 44.8 Å². The molecule has 1 heterocycles. The summed E-state index contributed by atoms with van der Waals surface area (Å²) >= 11 is 0. The zero-order chi connectivity index (χ0) is 14.0. The molecule has 0 atom stereocenters. The number of amides is 2. The molecule has 0 saturated carbocycles. The second kappa shape index (κ2) is 5.48. The van der Waals surface area contributed by atoms with Crippen LogP contribution in [0.3, 0.4) is 0 Å². The van der Waals surface area contributed by atoms with E-state index in [1.165, 1.54) is 0 Å². The van der Waals surface area contributed by atoms with Gasteiger partial charge in [-0.1, -0.05) is 0 Å². The highest BCUT2D eigenvalue weighted by Crippen LogP contribution is 2.22. The molecule has 1 aliphatic rings. The van der Waals surface area contributed by atoms with Crippen LogP contribution in [0.1, 0.15) is 5.56 Å². The van der Waals surface area contributed by atoms with E-state index in [0.717, 1.165) is 30.1 Å². The Bertz CT molecular complexity index is 468. The van der Waals surface area contributed by atoms with Crippen LogP contribution < -0.4 is 10.1 Å². The minimum Gasteiger partial charge on any atom is -0.496 e. The molecule has 0 spiro atoms. The first kappa shape index (κ1) is 13.7. The highest BCUT2D eigenvalue weighted by molar-refractivity contribution is 5.90. The highest BCUT2D eigenvalue weighted by atomic mass is 16.5. The van der Waals surface area contributed by atoms with Crippen LogP contribution in [-0.2, 0) is 0 Å². The number of anilines is 1. The molecule has 1 aromatic carbocycles. The van der Waals surface area contributed by atoms with Gasteiger partial charge in [0.05, 0.1) is 7.11 Å². The van der Waals surface area contributed by atoms with Crippen molar-refractivity contribution in [1.82, 2.24) is 9.80 Å². The second-order valence-electron chi connectivity index (χ2n) is 5.14. The average Bonchev–Trinajstić information content (AvgIpc) is 2.26. The van der Waals surface area contributed by atoms with E-state index >= 15 is 0 Å². The highest BCUT2D eigenvalue weighted by Gasteiger charge is 2.31. The van der Waals surface area contributed by atoms with Gasteiger partial charge in [0.1, 0.15) is 5.75 Å². The lowest BCUT2D eigenvalue weighted by molar-refractivity contribution is 0.0942. The van der Waals surface area contributed by atoms with Crippen LogP contribution >= 0.6 is 0 Å². The Labute approximate surface area is 114 Å². The topological polar surface area (TPSA) is 44.8 Å². The van der Waals surface area contributed by atoms with Crippen LogP contribution in [-0.4, -0.2) is 56.2 Å². The molecule has 5 heteroatoms. The Hall–Kier alpha value is -1.75. The first-order valence-electron chi connectivity index (χ1n) is 6.38. The van der Waals surface area contributed by atoms with Gasteiger partial charge in [0.25, 0.3) is 0 Å². The predicted octanol–water partition coefficient (Wildman–Crippen LogP) is 1.78. The third-order valence-corrected chi connectivity index (χ3v) is 3.53. The van der Waals surface area contributed by atoms with Crippen molar-refractivity contribution in [1.29, 1.82) is 0 Å². The predicted molar refractivity (Wildman–Crippen MR) is 75.8 cm³/mol. The first-order chi connectivity index (χ1) is 9.01. The number of likely N-dealkylation sites (N-methyl/N-ethyl adjacent to an activating group) is 1. The molecule has 2 rings (SSSR count). The minimum atomic E-state index is -0.0392. The molecule has 1 aliphatic heterocycles. The van der Waals surface area contributed by atoms with E-state index in [4.69, 9.17) is 4.74 Å². The van der Waals surface area contributed by atoms with E-state index in [9.17, 15) is 4.79 Å². The molecule has 104 valence electrons. The summed E-state index contributed by atoms with van der Waals surface area (Å²) in [7, 11) is 5.71. The molecule has 0 aliphatic carbocycles. The van der Waals surface area contributed by atoms with E-state index in [-0.39, 0.29) is 6.03 Å². The molecule has 0 radical (unpaired) electrons. The van der Waals surface area contributed by atoms with E-state index in [0.29, 0.717) is 6.04 Å². The van der Waals surface area contributed by atoms with Crippen molar-refractivity contribution < 1.29 is 9.53 Å². The number of aryl methyl sites for hydroxylation is 1. The second-order valence-corrected chi connectivity index (χ2v) is 5.14. The van der Waals surface area contributed by atoms with Gasteiger partial charge in [0.15, 0.2) is 0 Å². The molecule has 2 amide bonds. The van der Waals surface area contributed by atoms with Crippen LogP contribution in [0, 0.1) is 6.92 Å². The van der Waals surface area contributed by atoms with Crippen LogP contribution in [0.4, 0.5) is 10.5 Å². The maximum atomic E-state index is 12.0. The fraction of sp³-hybridized carbons (Fsp3) is 0.500. The van der Waals surface area contributed by atoms with E-state index in [1.54, 1.807) is 7.11 Å². The molecule has 1 fully saturated rings. The Balaban J connectivity index is 1.91. The minimum absolute atomic E-state index is 0.0392. The maximum absolute atomic E-state index is 12.0. The molecule has 19 heavy (non-hydrogen) atoms. The maximum Gasteiger partial charge on any atom is 0.321 e. The summed E-state index contributed by atoms with van der Waals surface area (Å²) in [5.41, 5.74) is 1.81. The summed E-state index contributed by atoms with van der Waals surface area (Å²) in [6.45, 7) is 3.53. The third kappa shape index (κ3) is 2.98. The van der Waals surface area contributed by atoms with E-state index in [2.05, 4.69) is 10.2 Å². The fourth-order valence-electron chi connectivity index (χ4n) is 2.11. The van der Waals surface area contributed by atoms with Crippen LogP contribution in [0.15, 0.2) is 18.2 Å². The number of benzene rings is 1. The van der Waals surface area contributed by atoms with Gasteiger partial charge < -0.3 is 19.9 Å². The number of ether oxygens (including phenoxy) is 1. The van der Waals surface area contributed by atoms with Crippen molar-refractivity contribution in [2.24, 2.45) is 0 Å². The summed E-state index contributed by atoms with van der Waals surface area (Å²) in [4.78, 5) is 15.9. The quantitative estimate of drug-likeness (QED) is 0.904. The number of hydrogen-bond acceptors (Lipinski definition) is 3. The summed E-state index contributed by atoms with van der Waals surface area (Å²) < 4.78 is 5.20. The zero-order valence-corrected chi connectivity index (χ0v) is 11.9. The summed E-state index contributed by atoms with van der Waals surface area (Å²) in [6.07, 6.45) is 0. The number of carbonyl (C=O) groups excluding carboxylic acids is 1. The molecule has 1 N–H and O–H groups in total. The van der Waals surface area contributed by atoms with Crippen LogP contribution in [0.2, 0.25) is 0 Å². The summed E-state index contributed by atoms with van der Waals surface area (Å²) in [6, 6.07) is 6.07. The molecule has 0 bridgehead atoms. The number of nitrogens with one attached hydrogen (secondary N) is 1. The molecule has 5 nitrogen and oxygen atoms in total. The van der Waals surface area contributed by atoms with Gasteiger partial charge in [-0.15, -0.1) is 0 Å². The number of hydrogen-bond donors (Lipinski definition) is 1. The van der Waals surface area contributed by atoms with Crippen molar-refractivity contribution in [3.05, 3.63) is 23.8 Å². The van der Waals surface area contributed by atoms with Crippen molar-refractivity contribution in [3.63, 3.8) is 0 Å².